The first-order valence-corrected chi connectivity index (χ1v) is 9.76. The molecule has 2 rings (SSSR count). The van der Waals surface area contributed by atoms with Gasteiger partial charge in [0.05, 0.1) is 11.9 Å². The molecule has 0 saturated carbocycles. The third kappa shape index (κ3) is 6.25. The minimum Gasteiger partial charge on any atom is -0.399 e. The highest BCUT2D eigenvalue weighted by Gasteiger charge is 2.16. The van der Waals surface area contributed by atoms with Gasteiger partial charge in [0.1, 0.15) is 0 Å². The lowest BCUT2D eigenvalue weighted by Gasteiger charge is -2.10. The van der Waals surface area contributed by atoms with Crippen LogP contribution in [0.1, 0.15) is 19.3 Å². The maximum atomic E-state index is 11.9. The number of hydrogen-bond donors (Lipinski definition) is 2. The van der Waals surface area contributed by atoms with Gasteiger partial charge in [0.15, 0.2) is 0 Å². The van der Waals surface area contributed by atoms with Gasteiger partial charge in [-0.15, -0.1) is 11.8 Å². The van der Waals surface area contributed by atoms with Gasteiger partial charge in [0.25, 0.3) is 0 Å². The molecule has 7 heteroatoms. The van der Waals surface area contributed by atoms with Crippen LogP contribution < -0.4 is 10.5 Å². The standard InChI is InChI=1S/C14H22N2O3S2/c15-12-3-5-14(6-4-12)20-10-11-21(17,18)16-8-7-13-2-1-9-19-13/h3-6,13,16H,1-2,7-11,15H2. The molecule has 0 spiro atoms. The molecule has 0 aliphatic carbocycles. The third-order valence-corrected chi connectivity index (χ3v) is 5.97. The second kappa shape index (κ2) is 8.03. The largest absolute Gasteiger partial charge is 0.399 e. The second-order valence-corrected chi connectivity index (χ2v) is 8.15. The van der Waals surface area contributed by atoms with E-state index in [-0.39, 0.29) is 11.9 Å². The van der Waals surface area contributed by atoms with Gasteiger partial charge in [0.2, 0.25) is 10.0 Å². The molecule has 1 aliphatic rings. The van der Waals surface area contributed by atoms with Crippen molar-refractivity contribution in [3.63, 3.8) is 0 Å². The van der Waals surface area contributed by atoms with E-state index in [1.807, 2.05) is 24.3 Å². The lowest BCUT2D eigenvalue weighted by atomic mass is 10.2. The van der Waals surface area contributed by atoms with Crippen LogP contribution in [-0.4, -0.2) is 39.2 Å². The Morgan fingerprint density at radius 1 is 1.33 bits per heavy atom. The number of benzene rings is 1. The number of nitrogens with two attached hydrogens (primary N) is 1. The molecule has 1 aromatic carbocycles. The molecule has 1 unspecified atom stereocenters. The van der Waals surface area contributed by atoms with Crippen LogP contribution in [0.2, 0.25) is 0 Å². The predicted molar refractivity (Wildman–Crippen MR) is 87.0 cm³/mol. The SMILES string of the molecule is Nc1ccc(SCCS(=O)(=O)NCCC2CCCO2)cc1. The molecule has 118 valence electrons. The fourth-order valence-electron chi connectivity index (χ4n) is 2.15. The molecule has 0 aromatic heterocycles. The molecule has 0 radical (unpaired) electrons. The maximum absolute atomic E-state index is 11.9. The summed E-state index contributed by atoms with van der Waals surface area (Å²) in [5.74, 6) is 0.646. The van der Waals surface area contributed by atoms with Crippen molar-refractivity contribution in [3.8, 4) is 0 Å². The highest BCUT2D eigenvalue weighted by molar-refractivity contribution is 8.00. The number of sulfonamides is 1. The van der Waals surface area contributed by atoms with Crippen molar-refractivity contribution in [1.82, 2.24) is 4.72 Å². The maximum Gasteiger partial charge on any atom is 0.212 e. The van der Waals surface area contributed by atoms with Crippen LogP contribution in [0.4, 0.5) is 5.69 Å². The van der Waals surface area contributed by atoms with Gasteiger partial charge in [-0.1, -0.05) is 0 Å². The summed E-state index contributed by atoms with van der Waals surface area (Å²) in [6, 6.07) is 7.43. The summed E-state index contributed by atoms with van der Waals surface area (Å²) in [4.78, 5) is 1.03. The Hall–Kier alpha value is -0.760. The van der Waals surface area contributed by atoms with Crippen LogP contribution >= 0.6 is 11.8 Å². The molecule has 1 saturated heterocycles. The molecule has 1 aromatic rings. The number of anilines is 1. The van der Waals surface area contributed by atoms with E-state index in [4.69, 9.17) is 10.5 Å². The summed E-state index contributed by atoms with van der Waals surface area (Å²) in [6.07, 6.45) is 3.09. The van der Waals surface area contributed by atoms with Crippen LogP contribution in [-0.2, 0) is 14.8 Å². The van der Waals surface area contributed by atoms with Gasteiger partial charge >= 0.3 is 0 Å². The van der Waals surface area contributed by atoms with Crippen molar-refractivity contribution in [1.29, 1.82) is 0 Å². The summed E-state index contributed by atoms with van der Waals surface area (Å²) in [7, 11) is -3.20. The van der Waals surface area contributed by atoms with Crippen LogP contribution in [0.25, 0.3) is 0 Å². The quantitative estimate of drug-likeness (QED) is 0.561. The Morgan fingerprint density at radius 2 is 2.10 bits per heavy atom. The highest BCUT2D eigenvalue weighted by atomic mass is 32.2. The van der Waals surface area contributed by atoms with E-state index in [0.29, 0.717) is 18.0 Å². The number of ether oxygens (including phenoxy) is 1. The highest BCUT2D eigenvalue weighted by Crippen LogP contribution is 2.19. The molecule has 1 aliphatic heterocycles. The lowest BCUT2D eigenvalue weighted by Crippen LogP contribution is -2.30. The van der Waals surface area contributed by atoms with Gasteiger partial charge < -0.3 is 10.5 Å². The second-order valence-electron chi connectivity index (χ2n) is 5.05. The summed E-state index contributed by atoms with van der Waals surface area (Å²) in [5.41, 5.74) is 6.32. The Kier molecular flexibility index (Phi) is 6.35. The van der Waals surface area contributed by atoms with Crippen molar-refractivity contribution in [3.05, 3.63) is 24.3 Å². The van der Waals surface area contributed by atoms with Crippen molar-refractivity contribution in [2.75, 3.05) is 30.4 Å². The summed E-state index contributed by atoms with van der Waals surface area (Å²) in [5, 5.41) is 0. The average molecular weight is 330 g/mol. The Morgan fingerprint density at radius 3 is 2.76 bits per heavy atom. The van der Waals surface area contributed by atoms with E-state index in [9.17, 15) is 8.42 Å². The van der Waals surface area contributed by atoms with Gasteiger partial charge in [-0.3, -0.25) is 0 Å². The molecule has 1 heterocycles. The van der Waals surface area contributed by atoms with E-state index < -0.39 is 10.0 Å². The Balaban J connectivity index is 1.64. The molecule has 0 amide bonds. The van der Waals surface area contributed by atoms with Crippen molar-refractivity contribution in [2.45, 2.75) is 30.3 Å². The average Bonchev–Trinajstić information content (AvgIpc) is 2.94. The van der Waals surface area contributed by atoms with Crippen molar-refractivity contribution in [2.24, 2.45) is 0 Å². The number of thioether (sulfide) groups is 1. The van der Waals surface area contributed by atoms with Crippen LogP contribution in [0, 0.1) is 0 Å². The molecular weight excluding hydrogens is 308 g/mol. The van der Waals surface area contributed by atoms with Crippen LogP contribution in [0.15, 0.2) is 29.2 Å². The van der Waals surface area contributed by atoms with Crippen molar-refractivity contribution >= 4 is 27.5 Å². The topological polar surface area (TPSA) is 81.4 Å². The van der Waals surface area contributed by atoms with E-state index in [2.05, 4.69) is 4.72 Å². The monoisotopic (exact) mass is 330 g/mol. The first kappa shape index (κ1) is 16.6. The summed E-state index contributed by atoms with van der Waals surface area (Å²) >= 11 is 1.52. The molecule has 5 nitrogen and oxygen atoms in total. The van der Waals surface area contributed by atoms with Gasteiger partial charge in [-0.05, 0) is 43.5 Å². The minimum atomic E-state index is -3.20. The summed E-state index contributed by atoms with van der Waals surface area (Å²) in [6.45, 7) is 1.26. The fraction of sp³-hybridized carbons (Fsp3) is 0.571. The van der Waals surface area contributed by atoms with Gasteiger partial charge in [0, 0.05) is 29.5 Å². The summed E-state index contributed by atoms with van der Waals surface area (Å²) < 4.78 is 31.8. The van der Waals surface area contributed by atoms with Gasteiger partial charge in [-0.2, -0.15) is 0 Å². The Bertz CT molecular complexity index is 526. The molecule has 3 N–H and O–H groups in total. The molecule has 0 bridgehead atoms. The van der Waals surface area contributed by atoms with Crippen molar-refractivity contribution < 1.29 is 13.2 Å². The zero-order valence-corrected chi connectivity index (χ0v) is 13.6. The van der Waals surface area contributed by atoms with Gasteiger partial charge in [-0.25, -0.2) is 13.1 Å². The molecule has 1 atom stereocenters. The molecular formula is C14H22N2O3S2. The lowest BCUT2D eigenvalue weighted by molar-refractivity contribution is 0.105. The van der Waals surface area contributed by atoms with Crippen LogP contribution in [0.3, 0.4) is 0 Å². The number of rotatable bonds is 8. The first-order valence-electron chi connectivity index (χ1n) is 7.12. The first-order chi connectivity index (χ1) is 10.1. The molecule has 1 fully saturated rings. The van der Waals surface area contributed by atoms with E-state index in [1.54, 1.807) is 0 Å². The van der Waals surface area contributed by atoms with E-state index in [0.717, 1.165) is 30.8 Å². The zero-order chi connectivity index (χ0) is 15.1. The normalized spacial score (nSPS) is 19.0. The van der Waals surface area contributed by atoms with E-state index in [1.165, 1.54) is 11.8 Å². The fourth-order valence-corrected chi connectivity index (χ4v) is 4.50. The smallest absolute Gasteiger partial charge is 0.212 e. The number of nitrogen functional groups attached to an aromatic ring is 1. The zero-order valence-electron chi connectivity index (χ0n) is 12.0. The van der Waals surface area contributed by atoms with E-state index >= 15 is 0 Å². The van der Waals surface area contributed by atoms with Crippen LogP contribution in [0.5, 0.6) is 0 Å². The predicted octanol–water partition coefficient (Wildman–Crippen LogP) is 1.85. The molecule has 21 heavy (non-hydrogen) atoms. The Labute approximate surface area is 130 Å². The minimum absolute atomic E-state index is 0.119. The number of hydrogen-bond acceptors (Lipinski definition) is 5. The number of nitrogens with one attached hydrogen (secondary N) is 1. The third-order valence-electron chi connectivity index (χ3n) is 3.31.